The summed E-state index contributed by atoms with van der Waals surface area (Å²) in [6.07, 6.45) is 0.970. The van der Waals surface area contributed by atoms with Crippen LogP contribution < -0.4 is 14.8 Å². The normalized spacial score (nSPS) is 10.6. The number of hydrogen-bond donors (Lipinski definition) is 1. The average Bonchev–Trinajstić information content (AvgIpc) is 2.57. The molecule has 0 heterocycles. The second kappa shape index (κ2) is 8.56. The van der Waals surface area contributed by atoms with Crippen molar-refractivity contribution in [2.75, 3.05) is 19.0 Å². The number of aryl methyl sites for hydroxylation is 2. The number of anilines is 1. The Morgan fingerprint density at radius 1 is 1.08 bits per heavy atom. The van der Waals surface area contributed by atoms with Gasteiger partial charge < -0.3 is 14.8 Å². The van der Waals surface area contributed by atoms with Crippen LogP contribution in [0.15, 0.2) is 36.4 Å². The fraction of sp³-hybridized carbons (Fsp3) is 0.381. The Balaban J connectivity index is 2.11. The number of nitrogens with one attached hydrogen (secondary N) is 1. The molecule has 2 aromatic rings. The van der Waals surface area contributed by atoms with E-state index < -0.39 is 0 Å². The minimum atomic E-state index is -0.168. The van der Waals surface area contributed by atoms with Crippen molar-refractivity contribution in [1.29, 1.82) is 0 Å². The molecule has 25 heavy (non-hydrogen) atoms. The molecule has 2 rings (SSSR count). The molecule has 1 amide bonds. The van der Waals surface area contributed by atoms with Gasteiger partial charge in [0.2, 0.25) is 0 Å². The van der Waals surface area contributed by atoms with Gasteiger partial charge >= 0.3 is 0 Å². The predicted octanol–water partition coefficient (Wildman–Crippen LogP) is 4.99. The van der Waals surface area contributed by atoms with E-state index in [1.165, 1.54) is 5.56 Å². The maximum atomic E-state index is 12.5. The molecule has 0 saturated heterocycles. The largest absolute Gasteiger partial charge is 0.493 e. The van der Waals surface area contributed by atoms with E-state index in [0.717, 1.165) is 17.7 Å². The SMILES string of the molecule is COc1cc(C(=O)Nc2ccc(C)cc2C)ccc1OCCC(C)C. The molecule has 0 spiro atoms. The number of benzene rings is 2. The van der Waals surface area contributed by atoms with Crippen molar-refractivity contribution in [2.24, 2.45) is 5.92 Å². The van der Waals surface area contributed by atoms with Crippen LogP contribution in [0.4, 0.5) is 5.69 Å². The lowest BCUT2D eigenvalue weighted by molar-refractivity contribution is 0.102. The molecule has 2 aromatic carbocycles. The molecule has 1 N–H and O–H groups in total. The minimum Gasteiger partial charge on any atom is -0.493 e. The van der Waals surface area contributed by atoms with Gasteiger partial charge in [-0.15, -0.1) is 0 Å². The third kappa shape index (κ3) is 5.24. The summed E-state index contributed by atoms with van der Waals surface area (Å²) in [5.74, 6) is 1.64. The molecule has 0 bridgehead atoms. The zero-order valence-electron chi connectivity index (χ0n) is 15.7. The molecule has 134 valence electrons. The predicted molar refractivity (Wildman–Crippen MR) is 102 cm³/mol. The quantitative estimate of drug-likeness (QED) is 0.772. The highest BCUT2D eigenvalue weighted by atomic mass is 16.5. The number of hydrogen-bond acceptors (Lipinski definition) is 3. The number of carbonyl (C=O) groups is 1. The average molecular weight is 341 g/mol. The fourth-order valence-electron chi connectivity index (χ4n) is 2.48. The zero-order chi connectivity index (χ0) is 18.4. The third-order valence-electron chi connectivity index (χ3n) is 4.01. The van der Waals surface area contributed by atoms with Gasteiger partial charge in [0, 0.05) is 11.3 Å². The van der Waals surface area contributed by atoms with Crippen molar-refractivity contribution >= 4 is 11.6 Å². The van der Waals surface area contributed by atoms with Gasteiger partial charge in [0.15, 0.2) is 11.5 Å². The highest BCUT2D eigenvalue weighted by molar-refractivity contribution is 6.05. The fourth-order valence-corrected chi connectivity index (χ4v) is 2.48. The Hall–Kier alpha value is -2.49. The summed E-state index contributed by atoms with van der Waals surface area (Å²) in [4.78, 5) is 12.5. The van der Waals surface area contributed by atoms with Gasteiger partial charge in [-0.1, -0.05) is 31.5 Å². The summed E-state index contributed by atoms with van der Waals surface area (Å²) in [5.41, 5.74) is 3.55. The van der Waals surface area contributed by atoms with E-state index in [0.29, 0.717) is 29.6 Å². The first-order chi connectivity index (χ1) is 11.9. The van der Waals surface area contributed by atoms with Gasteiger partial charge in [-0.25, -0.2) is 0 Å². The number of carbonyl (C=O) groups excluding carboxylic acids is 1. The van der Waals surface area contributed by atoms with E-state index >= 15 is 0 Å². The Bertz CT molecular complexity index is 738. The van der Waals surface area contributed by atoms with Crippen molar-refractivity contribution in [3.8, 4) is 11.5 Å². The molecule has 4 nitrogen and oxygen atoms in total. The first-order valence-corrected chi connectivity index (χ1v) is 8.60. The summed E-state index contributed by atoms with van der Waals surface area (Å²) in [6.45, 7) is 8.95. The van der Waals surface area contributed by atoms with Crippen LogP contribution in [0.3, 0.4) is 0 Å². The molecule has 0 saturated carbocycles. The summed E-state index contributed by atoms with van der Waals surface area (Å²) >= 11 is 0. The van der Waals surface area contributed by atoms with Gasteiger partial charge in [0.1, 0.15) is 0 Å². The molecule has 0 unspecified atom stereocenters. The molecule has 0 radical (unpaired) electrons. The molecular weight excluding hydrogens is 314 g/mol. The van der Waals surface area contributed by atoms with Gasteiger partial charge in [-0.05, 0) is 56.0 Å². The van der Waals surface area contributed by atoms with Crippen molar-refractivity contribution in [2.45, 2.75) is 34.1 Å². The van der Waals surface area contributed by atoms with E-state index in [1.807, 2.05) is 32.0 Å². The molecular formula is C21H27NO3. The molecule has 0 aromatic heterocycles. The second-order valence-electron chi connectivity index (χ2n) is 6.67. The highest BCUT2D eigenvalue weighted by Gasteiger charge is 2.12. The van der Waals surface area contributed by atoms with Gasteiger partial charge in [0.05, 0.1) is 13.7 Å². The van der Waals surface area contributed by atoms with Crippen LogP contribution in [-0.2, 0) is 0 Å². The summed E-state index contributed by atoms with van der Waals surface area (Å²) < 4.78 is 11.1. The summed E-state index contributed by atoms with van der Waals surface area (Å²) in [6, 6.07) is 11.2. The number of ether oxygens (including phenoxy) is 2. The van der Waals surface area contributed by atoms with Crippen LogP contribution in [0, 0.1) is 19.8 Å². The lowest BCUT2D eigenvalue weighted by Crippen LogP contribution is -2.13. The summed E-state index contributed by atoms with van der Waals surface area (Å²) in [5, 5.41) is 2.95. The molecule has 0 fully saturated rings. The monoisotopic (exact) mass is 341 g/mol. The molecule has 0 aliphatic rings. The van der Waals surface area contributed by atoms with Crippen LogP contribution in [0.2, 0.25) is 0 Å². The number of methoxy groups -OCH3 is 1. The van der Waals surface area contributed by atoms with E-state index in [1.54, 1.807) is 25.3 Å². The first kappa shape index (κ1) is 18.8. The molecule has 0 atom stereocenters. The maximum Gasteiger partial charge on any atom is 0.255 e. The van der Waals surface area contributed by atoms with Crippen LogP contribution in [0.1, 0.15) is 41.8 Å². The van der Waals surface area contributed by atoms with Crippen molar-refractivity contribution in [3.63, 3.8) is 0 Å². The Labute approximate surface area is 150 Å². The van der Waals surface area contributed by atoms with E-state index in [-0.39, 0.29) is 5.91 Å². The van der Waals surface area contributed by atoms with Crippen LogP contribution in [0.25, 0.3) is 0 Å². The topological polar surface area (TPSA) is 47.6 Å². The number of amides is 1. The van der Waals surface area contributed by atoms with Crippen molar-refractivity contribution in [1.82, 2.24) is 0 Å². The lowest BCUT2D eigenvalue weighted by Gasteiger charge is -2.14. The van der Waals surface area contributed by atoms with E-state index in [2.05, 4.69) is 19.2 Å². The summed E-state index contributed by atoms with van der Waals surface area (Å²) in [7, 11) is 1.58. The lowest BCUT2D eigenvalue weighted by atomic mass is 10.1. The molecule has 4 heteroatoms. The highest BCUT2D eigenvalue weighted by Crippen LogP contribution is 2.29. The Kier molecular flexibility index (Phi) is 6.45. The van der Waals surface area contributed by atoms with E-state index in [9.17, 15) is 4.79 Å². The standard InChI is InChI=1S/C21H27NO3/c1-14(2)10-11-25-19-9-7-17(13-20(19)24-5)21(23)22-18-8-6-15(3)12-16(18)4/h6-9,12-14H,10-11H2,1-5H3,(H,22,23). The zero-order valence-corrected chi connectivity index (χ0v) is 15.7. The minimum absolute atomic E-state index is 0.168. The van der Waals surface area contributed by atoms with Crippen molar-refractivity contribution in [3.05, 3.63) is 53.1 Å². The van der Waals surface area contributed by atoms with Gasteiger partial charge in [-0.2, -0.15) is 0 Å². The first-order valence-electron chi connectivity index (χ1n) is 8.60. The molecule has 0 aliphatic heterocycles. The molecule has 0 aliphatic carbocycles. The third-order valence-corrected chi connectivity index (χ3v) is 4.01. The van der Waals surface area contributed by atoms with Gasteiger partial charge in [0.25, 0.3) is 5.91 Å². The number of rotatable bonds is 7. The van der Waals surface area contributed by atoms with E-state index in [4.69, 9.17) is 9.47 Å². The second-order valence-corrected chi connectivity index (χ2v) is 6.67. The van der Waals surface area contributed by atoms with Crippen LogP contribution >= 0.6 is 0 Å². The maximum absolute atomic E-state index is 12.5. The van der Waals surface area contributed by atoms with Crippen LogP contribution in [-0.4, -0.2) is 19.6 Å². The Morgan fingerprint density at radius 3 is 2.48 bits per heavy atom. The smallest absolute Gasteiger partial charge is 0.255 e. The Morgan fingerprint density at radius 2 is 1.84 bits per heavy atom. The van der Waals surface area contributed by atoms with Crippen molar-refractivity contribution < 1.29 is 14.3 Å². The van der Waals surface area contributed by atoms with Crippen LogP contribution in [0.5, 0.6) is 11.5 Å². The van der Waals surface area contributed by atoms with Gasteiger partial charge in [-0.3, -0.25) is 4.79 Å².